The maximum Gasteiger partial charge on any atom is 0.135 e. The molecular formula is C26H42F4. The molecule has 174 valence electrons. The number of alkyl halides is 4. The molecule has 0 aromatic rings. The molecule has 0 amide bonds. The third kappa shape index (κ3) is 4.58. The fourth-order valence-corrected chi connectivity index (χ4v) is 7.70. The molecule has 4 rings (SSSR count). The summed E-state index contributed by atoms with van der Waals surface area (Å²) in [7, 11) is 0. The van der Waals surface area contributed by atoms with E-state index >= 15 is 8.78 Å². The summed E-state index contributed by atoms with van der Waals surface area (Å²) in [6, 6.07) is 0. The lowest BCUT2D eigenvalue weighted by Crippen LogP contribution is -2.49. The zero-order valence-corrected chi connectivity index (χ0v) is 18.9. The van der Waals surface area contributed by atoms with Crippen LogP contribution in [-0.2, 0) is 0 Å². The smallest absolute Gasteiger partial charge is 0.135 e. The SMILES string of the molecule is CC1CCC(C2CCC(C3CCC(C4CCC(C)C(F)C4F)C(F)C3F)CC2)CC1. The van der Waals surface area contributed by atoms with Crippen molar-refractivity contribution in [3.8, 4) is 0 Å². The second kappa shape index (κ2) is 9.69. The van der Waals surface area contributed by atoms with Gasteiger partial charge in [0.25, 0.3) is 0 Å². The monoisotopic (exact) mass is 430 g/mol. The van der Waals surface area contributed by atoms with E-state index in [1.54, 1.807) is 6.92 Å². The van der Waals surface area contributed by atoms with Crippen molar-refractivity contribution in [1.82, 2.24) is 0 Å². The first kappa shape index (κ1) is 22.9. The van der Waals surface area contributed by atoms with E-state index in [0.29, 0.717) is 25.7 Å². The lowest BCUT2D eigenvalue weighted by molar-refractivity contribution is -0.0717. The number of rotatable bonds is 3. The first-order valence-corrected chi connectivity index (χ1v) is 12.9. The molecule has 4 aliphatic rings. The van der Waals surface area contributed by atoms with Crippen molar-refractivity contribution in [3.05, 3.63) is 0 Å². The Morgan fingerprint density at radius 2 is 0.800 bits per heavy atom. The van der Waals surface area contributed by atoms with Crippen molar-refractivity contribution in [2.24, 2.45) is 47.3 Å². The van der Waals surface area contributed by atoms with Crippen molar-refractivity contribution in [3.63, 3.8) is 0 Å². The Labute approximate surface area is 181 Å². The molecule has 4 saturated carbocycles. The van der Waals surface area contributed by atoms with Crippen LogP contribution < -0.4 is 0 Å². The van der Waals surface area contributed by atoms with E-state index in [2.05, 4.69) is 6.92 Å². The van der Waals surface area contributed by atoms with Gasteiger partial charge in [-0.3, -0.25) is 0 Å². The van der Waals surface area contributed by atoms with Crippen LogP contribution >= 0.6 is 0 Å². The molecule has 4 fully saturated rings. The molecule has 30 heavy (non-hydrogen) atoms. The van der Waals surface area contributed by atoms with Gasteiger partial charge in [0, 0.05) is 0 Å². The van der Waals surface area contributed by atoms with Gasteiger partial charge in [0.15, 0.2) is 0 Å². The molecule has 4 heteroatoms. The molecule has 0 spiro atoms. The van der Waals surface area contributed by atoms with Gasteiger partial charge in [-0.25, -0.2) is 17.6 Å². The predicted molar refractivity (Wildman–Crippen MR) is 114 cm³/mol. The standard InChI is InChI=1S/C26H42F4/c1-15-3-6-17(7-4-15)18-8-10-19(11-9-18)20-13-14-22(26(30)24(20)28)21-12-5-16(2)23(27)25(21)29/h15-26H,3-14H2,1-2H3. The molecule has 0 radical (unpaired) electrons. The van der Waals surface area contributed by atoms with Gasteiger partial charge in [0.2, 0.25) is 0 Å². The highest BCUT2D eigenvalue weighted by Gasteiger charge is 2.51. The van der Waals surface area contributed by atoms with Gasteiger partial charge in [-0.1, -0.05) is 26.7 Å². The Morgan fingerprint density at radius 3 is 1.40 bits per heavy atom. The van der Waals surface area contributed by atoms with Gasteiger partial charge in [-0.15, -0.1) is 0 Å². The van der Waals surface area contributed by atoms with E-state index in [-0.39, 0.29) is 17.8 Å². The number of halogens is 4. The lowest BCUT2D eigenvalue weighted by atomic mass is 9.62. The van der Waals surface area contributed by atoms with Crippen molar-refractivity contribution < 1.29 is 17.6 Å². The van der Waals surface area contributed by atoms with Crippen LogP contribution in [0.25, 0.3) is 0 Å². The van der Waals surface area contributed by atoms with Crippen LogP contribution in [0.4, 0.5) is 17.6 Å². The minimum absolute atomic E-state index is 0.217. The van der Waals surface area contributed by atoms with Gasteiger partial charge in [-0.05, 0) is 112 Å². The summed E-state index contributed by atoms with van der Waals surface area (Å²) in [6.07, 6.45) is 5.77. The molecule has 0 bridgehead atoms. The van der Waals surface area contributed by atoms with Crippen LogP contribution in [-0.4, -0.2) is 24.7 Å². The summed E-state index contributed by atoms with van der Waals surface area (Å²) < 4.78 is 59.2. The molecule has 0 heterocycles. The van der Waals surface area contributed by atoms with E-state index in [0.717, 1.165) is 30.6 Å². The molecule has 8 unspecified atom stereocenters. The van der Waals surface area contributed by atoms with Crippen molar-refractivity contribution in [2.45, 2.75) is 116 Å². The number of hydrogen-bond donors (Lipinski definition) is 0. The molecule has 4 aliphatic carbocycles. The number of hydrogen-bond acceptors (Lipinski definition) is 0. The van der Waals surface area contributed by atoms with Gasteiger partial charge in [0.05, 0.1) is 0 Å². The van der Waals surface area contributed by atoms with Crippen LogP contribution in [0.15, 0.2) is 0 Å². The van der Waals surface area contributed by atoms with Gasteiger partial charge in [-0.2, -0.15) is 0 Å². The summed E-state index contributed by atoms with van der Waals surface area (Å²) >= 11 is 0. The molecule has 0 saturated heterocycles. The average Bonchev–Trinajstić information content (AvgIpc) is 2.75. The molecule has 8 atom stereocenters. The normalized spacial score (nSPS) is 53.4. The van der Waals surface area contributed by atoms with Gasteiger partial charge >= 0.3 is 0 Å². The summed E-state index contributed by atoms with van der Waals surface area (Å²) in [5, 5.41) is 0. The summed E-state index contributed by atoms with van der Waals surface area (Å²) in [5.74, 6) is 0.955. The van der Waals surface area contributed by atoms with E-state index < -0.39 is 36.5 Å². The van der Waals surface area contributed by atoms with E-state index in [9.17, 15) is 8.78 Å². The Kier molecular flexibility index (Phi) is 7.40. The lowest BCUT2D eigenvalue weighted by Gasteiger charge is -2.46. The second-order valence-electron chi connectivity index (χ2n) is 11.6. The van der Waals surface area contributed by atoms with Crippen LogP contribution in [0, 0.1) is 47.3 Å². The zero-order valence-electron chi connectivity index (χ0n) is 18.9. The first-order valence-electron chi connectivity index (χ1n) is 12.9. The van der Waals surface area contributed by atoms with Crippen LogP contribution in [0.2, 0.25) is 0 Å². The van der Waals surface area contributed by atoms with E-state index in [1.165, 1.54) is 38.5 Å². The fraction of sp³-hybridized carbons (Fsp3) is 1.00. The molecular weight excluding hydrogens is 388 g/mol. The van der Waals surface area contributed by atoms with Gasteiger partial charge in [0.1, 0.15) is 24.7 Å². The van der Waals surface area contributed by atoms with Crippen LogP contribution in [0.1, 0.15) is 90.9 Å². The van der Waals surface area contributed by atoms with Crippen LogP contribution in [0.3, 0.4) is 0 Å². The fourth-order valence-electron chi connectivity index (χ4n) is 7.70. The Balaban J connectivity index is 1.30. The third-order valence-electron chi connectivity index (χ3n) is 9.87. The third-order valence-corrected chi connectivity index (χ3v) is 9.87. The zero-order chi connectivity index (χ0) is 21.4. The average molecular weight is 431 g/mol. The highest BCUT2D eigenvalue weighted by atomic mass is 19.2. The second-order valence-corrected chi connectivity index (χ2v) is 11.6. The Bertz CT molecular complexity index is 537. The Hall–Kier alpha value is -0.280. The minimum Gasteiger partial charge on any atom is -0.244 e. The minimum atomic E-state index is -1.63. The molecule has 0 aromatic carbocycles. The first-order chi connectivity index (χ1) is 14.4. The summed E-state index contributed by atoms with van der Waals surface area (Å²) in [5.41, 5.74) is 0. The largest absolute Gasteiger partial charge is 0.244 e. The topological polar surface area (TPSA) is 0 Å². The molecule has 0 aliphatic heterocycles. The van der Waals surface area contributed by atoms with Crippen LogP contribution in [0.5, 0.6) is 0 Å². The molecule has 0 aromatic heterocycles. The highest BCUT2D eigenvalue weighted by molar-refractivity contribution is 4.99. The van der Waals surface area contributed by atoms with Gasteiger partial charge < -0.3 is 0 Å². The highest BCUT2D eigenvalue weighted by Crippen LogP contribution is 2.50. The maximum atomic E-state index is 15.2. The quantitative estimate of drug-likeness (QED) is 0.397. The Morgan fingerprint density at radius 1 is 0.400 bits per heavy atom. The predicted octanol–water partition coefficient (Wildman–Crippen LogP) is 8.04. The summed E-state index contributed by atoms with van der Waals surface area (Å²) in [6.45, 7) is 4.07. The van der Waals surface area contributed by atoms with Crippen molar-refractivity contribution in [1.29, 1.82) is 0 Å². The molecule has 0 N–H and O–H groups in total. The summed E-state index contributed by atoms with van der Waals surface area (Å²) in [4.78, 5) is 0. The van der Waals surface area contributed by atoms with Crippen molar-refractivity contribution in [2.75, 3.05) is 0 Å². The van der Waals surface area contributed by atoms with E-state index in [1.807, 2.05) is 0 Å². The van der Waals surface area contributed by atoms with Crippen molar-refractivity contribution >= 4 is 0 Å². The molecule has 0 nitrogen and oxygen atoms in total. The van der Waals surface area contributed by atoms with E-state index in [4.69, 9.17) is 0 Å². The maximum absolute atomic E-state index is 15.2.